The highest BCUT2D eigenvalue weighted by Crippen LogP contribution is 2.30. The van der Waals surface area contributed by atoms with E-state index in [1.165, 1.54) is 19.3 Å². The highest BCUT2D eigenvalue weighted by Gasteiger charge is 2.23. The van der Waals surface area contributed by atoms with Gasteiger partial charge in [0.05, 0.1) is 6.61 Å². The van der Waals surface area contributed by atoms with Gasteiger partial charge in [-0.25, -0.2) is 0 Å². The molecular formula is C12H20O. The molecule has 0 aromatic rings. The summed E-state index contributed by atoms with van der Waals surface area (Å²) in [7, 11) is 0. The molecule has 0 amide bonds. The molecule has 0 N–H and O–H groups in total. The molecule has 1 aliphatic rings. The lowest BCUT2D eigenvalue weighted by molar-refractivity contribution is 0.0497. The highest BCUT2D eigenvalue weighted by molar-refractivity contribution is 5.01. The van der Waals surface area contributed by atoms with Gasteiger partial charge in [0.1, 0.15) is 0 Å². The molecule has 74 valence electrons. The molecule has 0 radical (unpaired) electrons. The van der Waals surface area contributed by atoms with Crippen LogP contribution in [0.2, 0.25) is 0 Å². The van der Waals surface area contributed by atoms with E-state index in [9.17, 15) is 0 Å². The molecular weight excluding hydrogens is 160 g/mol. The Morgan fingerprint density at radius 1 is 1.23 bits per heavy atom. The second-order valence-corrected chi connectivity index (χ2v) is 4.15. The standard InChI is InChI=1S/C12H20O/c1-3-13-11-12(2)9-7-5-4-6-8-10-12/h3,5,7-11H2,1-2H3/t12-/m0/s1. The van der Waals surface area contributed by atoms with Gasteiger partial charge in [0.15, 0.2) is 0 Å². The molecule has 0 aliphatic heterocycles. The van der Waals surface area contributed by atoms with Crippen molar-refractivity contribution in [2.24, 2.45) is 5.41 Å². The zero-order valence-corrected chi connectivity index (χ0v) is 8.86. The van der Waals surface area contributed by atoms with Gasteiger partial charge in [-0.1, -0.05) is 6.92 Å². The van der Waals surface area contributed by atoms with E-state index in [4.69, 9.17) is 4.74 Å². The zero-order valence-electron chi connectivity index (χ0n) is 8.86. The number of hydrogen-bond donors (Lipinski definition) is 0. The predicted molar refractivity (Wildman–Crippen MR) is 55.5 cm³/mol. The lowest BCUT2D eigenvalue weighted by atomic mass is 9.80. The molecule has 0 fully saturated rings. The average molecular weight is 180 g/mol. The lowest BCUT2D eigenvalue weighted by Gasteiger charge is -2.29. The molecule has 0 bridgehead atoms. The Kier molecular flexibility index (Phi) is 4.32. The molecule has 0 saturated heterocycles. The molecule has 0 heterocycles. The van der Waals surface area contributed by atoms with Crippen molar-refractivity contribution in [2.75, 3.05) is 13.2 Å². The minimum atomic E-state index is 0.380. The van der Waals surface area contributed by atoms with Crippen molar-refractivity contribution < 1.29 is 4.74 Å². The molecule has 1 aliphatic carbocycles. The first-order valence-corrected chi connectivity index (χ1v) is 5.30. The van der Waals surface area contributed by atoms with Gasteiger partial charge >= 0.3 is 0 Å². The van der Waals surface area contributed by atoms with E-state index < -0.39 is 0 Å². The summed E-state index contributed by atoms with van der Waals surface area (Å²) < 4.78 is 5.52. The smallest absolute Gasteiger partial charge is 0.0519 e. The summed E-state index contributed by atoms with van der Waals surface area (Å²) in [6, 6.07) is 0. The third-order valence-electron chi connectivity index (χ3n) is 2.72. The van der Waals surface area contributed by atoms with E-state index >= 15 is 0 Å². The van der Waals surface area contributed by atoms with Crippen LogP contribution in [0.15, 0.2) is 0 Å². The maximum atomic E-state index is 5.52. The second-order valence-electron chi connectivity index (χ2n) is 4.15. The van der Waals surface area contributed by atoms with Gasteiger partial charge in [-0.15, -0.1) is 11.8 Å². The summed E-state index contributed by atoms with van der Waals surface area (Å²) in [5.41, 5.74) is 0.380. The van der Waals surface area contributed by atoms with E-state index in [1.54, 1.807) is 0 Å². The molecule has 0 saturated carbocycles. The normalized spacial score (nSPS) is 28.5. The molecule has 1 atom stereocenters. The average Bonchev–Trinajstić information content (AvgIpc) is 2.09. The Morgan fingerprint density at radius 2 is 2.00 bits per heavy atom. The third kappa shape index (κ3) is 3.83. The van der Waals surface area contributed by atoms with Crippen molar-refractivity contribution in [3.05, 3.63) is 0 Å². The van der Waals surface area contributed by atoms with E-state index in [-0.39, 0.29) is 0 Å². The predicted octanol–water partition coefficient (Wildman–Crippen LogP) is 3.00. The molecule has 1 rings (SSSR count). The highest BCUT2D eigenvalue weighted by atomic mass is 16.5. The van der Waals surface area contributed by atoms with Gasteiger partial charge in [-0.05, 0) is 31.6 Å². The Balaban J connectivity index is 2.41. The van der Waals surface area contributed by atoms with Crippen LogP contribution in [0.5, 0.6) is 0 Å². The fourth-order valence-electron chi connectivity index (χ4n) is 1.76. The molecule has 0 unspecified atom stereocenters. The van der Waals surface area contributed by atoms with Crippen LogP contribution in [-0.2, 0) is 4.74 Å². The molecule has 0 spiro atoms. The summed E-state index contributed by atoms with van der Waals surface area (Å²) in [4.78, 5) is 0. The summed E-state index contributed by atoms with van der Waals surface area (Å²) in [5.74, 6) is 6.40. The maximum Gasteiger partial charge on any atom is 0.0519 e. The second kappa shape index (κ2) is 5.29. The van der Waals surface area contributed by atoms with Gasteiger partial charge in [0.2, 0.25) is 0 Å². The van der Waals surface area contributed by atoms with Crippen molar-refractivity contribution >= 4 is 0 Å². The summed E-state index contributed by atoms with van der Waals surface area (Å²) in [6.45, 7) is 6.13. The van der Waals surface area contributed by atoms with Crippen LogP contribution in [0.25, 0.3) is 0 Å². The quantitative estimate of drug-likeness (QED) is 0.607. The monoisotopic (exact) mass is 180 g/mol. The van der Waals surface area contributed by atoms with Gasteiger partial charge < -0.3 is 4.74 Å². The minimum absolute atomic E-state index is 0.380. The summed E-state index contributed by atoms with van der Waals surface area (Å²) in [5, 5.41) is 0. The van der Waals surface area contributed by atoms with Crippen LogP contribution in [-0.4, -0.2) is 13.2 Å². The minimum Gasteiger partial charge on any atom is -0.381 e. The van der Waals surface area contributed by atoms with Crippen molar-refractivity contribution in [3.63, 3.8) is 0 Å². The molecule has 1 nitrogen and oxygen atoms in total. The SMILES string of the molecule is CCOC[C@]1(C)CCC#CCCC1. The van der Waals surface area contributed by atoms with Crippen molar-refractivity contribution in [2.45, 2.75) is 46.0 Å². The lowest BCUT2D eigenvalue weighted by Crippen LogP contribution is -2.23. The Labute approximate surface area is 81.9 Å². The first-order chi connectivity index (χ1) is 6.27. The Morgan fingerprint density at radius 3 is 2.77 bits per heavy atom. The van der Waals surface area contributed by atoms with Gasteiger partial charge in [0, 0.05) is 19.4 Å². The van der Waals surface area contributed by atoms with Crippen LogP contribution >= 0.6 is 0 Å². The first-order valence-electron chi connectivity index (χ1n) is 5.30. The van der Waals surface area contributed by atoms with E-state index in [1.807, 2.05) is 0 Å². The number of rotatable bonds is 3. The largest absolute Gasteiger partial charge is 0.381 e. The topological polar surface area (TPSA) is 9.23 Å². The van der Waals surface area contributed by atoms with Crippen LogP contribution in [0.3, 0.4) is 0 Å². The van der Waals surface area contributed by atoms with Crippen molar-refractivity contribution in [3.8, 4) is 11.8 Å². The summed E-state index contributed by atoms with van der Waals surface area (Å²) >= 11 is 0. The van der Waals surface area contributed by atoms with Crippen molar-refractivity contribution in [1.82, 2.24) is 0 Å². The molecule has 13 heavy (non-hydrogen) atoms. The first kappa shape index (κ1) is 10.6. The maximum absolute atomic E-state index is 5.52. The van der Waals surface area contributed by atoms with E-state index in [0.29, 0.717) is 5.41 Å². The molecule has 0 aromatic carbocycles. The zero-order chi connectivity index (χ0) is 9.57. The van der Waals surface area contributed by atoms with Crippen LogP contribution in [0, 0.1) is 17.3 Å². The van der Waals surface area contributed by atoms with E-state index in [2.05, 4.69) is 25.7 Å². The summed E-state index contributed by atoms with van der Waals surface area (Å²) in [6.07, 6.45) is 5.81. The Bertz CT molecular complexity index is 199. The van der Waals surface area contributed by atoms with Gasteiger partial charge in [-0.2, -0.15) is 0 Å². The van der Waals surface area contributed by atoms with Crippen molar-refractivity contribution in [1.29, 1.82) is 0 Å². The van der Waals surface area contributed by atoms with Gasteiger partial charge in [-0.3, -0.25) is 0 Å². The fraction of sp³-hybridized carbons (Fsp3) is 0.833. The molecule has 0 aromatic heterocycles. The van der Waals surface area contributed by atoms with Crippen LogP contribution in [0.4, 0.5) is 0 Å². The van der Waals surface area contributed by atoms with Crippen LogP contribution < -0.4 is 0 Å². The third-order valence-corrected chi connectivity index (χ3v) is 2.72. The van der Waals surface area contributed by atoms with Crippen LogP contribution in [0.1, 0.15) is 46.0 Å². The fourth-order valence-corrected chi connectivity index (χ4v) is 1.76. The van der Waals surface area contributed by atoms with E-state index in [0.717, 1.165) is 26.1 Å². The number of hydrogen-bond acceptors (Lipinski definition) is 1. The molecule has 1 heteroatoms. The Hall–Kier alpha value is -0.480. The number of ether oxygens (including phenoxy) is 1. The van der Waals surface area contributed by atoms with Gasteiger partial charge in [0.25, 0.3) is 0 Å².